The summed E-state index contributed by atoms with van der Waals surface area (Å²) in [5.41, 5.74) is 7.82. The van der Waals surface area contributed by atoms with Crippen molar-refractivity contribution < 1.29 is 9.53 Å². The average Bonchev–Trinajstić information content (AvgIpc) is 2.88. The van der Waals surface area contributed by atoms with Gasteiger partial charge in [0.15, 0.2) is 0 Å². The van der Waals surface area contributed by atoms with E-state index in [0.717, 1.165) is 11.9 Å². The number of para-hydroxylation sites is 1. The third-order valence-electron chi connectivity index (χ3n) is 3.40. The fourth-order valence-corrected chi connectivity index (χ4v) is 2.22. The van der Waals surface area contributed by atoms with Crippen molar-refractivity contribution >= 4 is 16.8 Å². The molecular weight excluding hydrogens is 254 g/mol. The summed E-state index contributed by atoms with van der Waals surface area (Å²) in [6.45, 7) is 0.966. The molecule has 0 fully saturated rings. The number of aromatic amines is 1. The highest BCUT2D eigenvalue weighted by Gasteiger charge is 2.11. The van der Waals surface area contributed by atoms with Gasteiger partial charge >= 0.3 is 0 Å². The van der Waals surface area contributed by atoms with Crippen LogP contribution < -0.4 is 11.1 Å². The third kappa shape index (κ3) is 3.59. The lowest BCUT2D eigenvalue weighted by Gasteiger charge is -2.12. The van der Waals surface area contributed by atoms with Crippen molar-refractivity contribution in [3.05, 3.63) is 36.0 Å². The number of aromatic nitrogens is 1. The molecule has 2 aromatic rings. The number of H-pyrrole nitrogens is 1. The van der Waals surface area contributed by atoms with Crippen LogP contribution in [0.15, 0.2) is 30.5 Å². The quantitative estimate of drug-likeness (QED) is 0.710. The lowest BCUT2D eigenvalue weighted by Crippen LogP contribution is -2.33. The van der Waals surface area contributed by atoms with Gasteiger partial charge in [-0.15, -0.1) is 0 Å². The van der Waals surface area contributed by atoms with Crippen LogP contribution in [0.3, 0.4) is 0 Å². The second kappa shape index (κ2) is 7.07. The van der Waals surface area contributed by atoms with Crippen LogP contribution in [-0.2, 0) is 16.0 Å². The SMILES string of the molecule is COC(CN)CC(=O)NCCc1c[nH]c2ccccc12. The van der Waals surface area contributed by atoms with Crippen molar-refractivity contribution in [1.29, 1.82) is 0 Å². The molecule has 1 heterocycles. The van der Waals surface area contributed by atoms with Crippen LogP contribution in [0.1, 0.15) is 12.0 Å². The number of amides is 1. The van der Waals surface area contributed by atoms with Crippen molar-refractivity contribution in [2.24, 2.45) is 5.73 Å². The van der Waals surface area contributed by atoms with Gasteiger partial charge in [0.1, 0.15) is 0 Å². The summed E-state index contributed by atoms with van der Waals surface area (Å²) in [4.78, 5) is 14.9. The Bertz CT molecular complexity index is 561. The molecule has 2 rings (SSSR count). The maximum absolute atomic E-state index is 11.7. The molecular formula is C15H21N3O2. The van der Waals surface area contributed by atoms with E-state index < -0.39 is 0 Å². The number of methoxy groups -OCH3 is 1. The zero-order valence-electron chi connectivity index (χ0n) is 11.7. The molecule has 1 atom stereocenters. The molecule has 4 N–H and O–H groups in total. The van der Waals surface area contributed by atoms with Gasteiger partial charge in [-0.1, -0.05) is 18.2 Å². The second-order valence-corrected chi connectivity index (χ2v) is 4.76. The standard InChI is InChI=1S/C15H21N3O2/c1-20-12(9-16)8-15(19)17-7-6-11-10-18-14-5-3-2-4-13(11)14/h2-5,10,12,18H,6-9,16H2,1H3,(H,17,19). The first-order valence-electron chi connectivity index (χ1n) is 6.79. The first-order valence-corrected chi connectivity index (χ1v) is 6.79. The van der Waals surface area contributed by atoms with Crippen LogP contribution in [0.4, 0.5) is 0 Å². The Kier molecular flexibility index (Phi) is 5.15. The summed E-state index contributed by atoms with van der Waals surface area (Å²) in [6, 6.07) is 8.14. The number of hydrogen-bond donors (Lipinski definition) is 3. The van der Waals surface area contributed by atoms with Gasteiger partial charge in [0, 0.05) is 37.3 Å². The maximum atomic E-state index is 11.7. The summed E-state index contributed by atoms with van der Waals surface area (Å²) in [5.74, 6) is -0.0258. The minimum atomic E-state index is -0.205. The highest BCUT2D eigenvalue weighted by Crippen LogP contribution is 2.17. The van der Waals surface area contributed by atoms with Gasteiger partial charge in [-0.05, 0) is 18.1 Å². The molecule has 1 amide bonds. The fraction of sp³-hybridized carbons (Fsp3) is 0.400. The number of carbonyl (C=O) groups is 1. The normalized spacial score (nSPS) is 12.5. The number of nitrogens with one attached hydrogen (secondary N) is 2. The molecule has 0 aliphatic carbocycles. The highest BCUT2D eigenvalue weighted by molar-refractivity contribution is 5.83. The molecule has 0 saturated carbocycles. The number of nitrogens with two attached hydrogens (primary N) is 1. The number of benzene rings is 1. The van der Waals surface area contributed by atoms with E-state index in [4.69, 9.17) is 10.5 Å². The molecule has 0 aliphatic rings. The molecule has 108 valence electrons. The van der Waals surface area contributed by atoms with Crippen molar-refractivity contribution in [3.8, 4) is 0 Å². The minimum Gasteiger partial charge on any atom is -0.380 e. The molecule has 1 aromatic carbocycles. The molecule has 5 nitrogen and oxygen atoms in total. The Morgan fingerprint density at radius 2 is 2.25 bits per heavy atom. The lowest BCUT2D eigenvalue weighted by atomic mass is 10.1. The van der Waals surface area contributed by atoms with Gasteiger partial charge in [0.2, 0.25) is 5.91 Å². The van der Waals surface area contributed by atoms with E-state index in [1.165, 1.54) is 10.9 Å². The van der Waals surface area contributed by atoms with Gasteiger partial charge in [-0.25, -0.2) is 0 Å². The van der Waals surface area contributed by atoms with E-state index >= 15 is 0 Å². The number of fused-ring (bicyclic) bond motifs is 1. The Morgan fingerprint density at radius 3 is 3.00 bits per heavy atom. The van der Waals surface area contributed by atoms with Gasteiger partial charge in [0.25, 0.3) is 0 Å². The second-order valence-electron chi connectivity index (χ2n) is 4.76. The monoisotopic (exact) mass is 275 g/mol. The van der Waals surface area contributed by atoms with Crippen molar-refractivity contribution in [2.45, 2.75) is 18.9 Å². The summed E-state index contributed by atoms with van der Waals surface area (Å²) in [7, 11) is 1.57. The number of hydrogen-bond acceptors (Lipinski definition) is 3. The molecule has 20 heavy (non-hydrogen) atoms. The average molecular weight is 275 g/mol. The highest BCUT2D eigenvalue weighted by atomic mass is 16.5. The van der Waals surface area contributed by atoms with Crippen LogP contribution in [0, 0.1) is 0 Å². The molecule has 1 unspecified atom stereocenters. The molecule has 0 aliphatic heterocycles. The van der Waals surface area contributed by atoms with Crippen LogP contribution in [-0.4, -0.2) is 37.2 Å². The van der Waals surface area contributed by atoms with Crippen molar-refractivity contribution in [2.75, 3.05) is 20.2 Å². The van der Waals surface area contributed by atoms with Crippen molar-refractivity contribution in [1.82, 2.24) is 10.3 Å². The number of ether oxygens (including phenoxy) is 1. The van der Waals surface area contributed by atoms with E-state index in [2.05, 4.69) is 16.4 Å². The minimum absolute atomic E-state index is 0.0258. The maximum Gasteiger partial charge on any atom is 0.222 e. The summed E-state index contributed by atoms with van der Waals surface area (Å²) >= 11 is 0. The van der Waals surface area contributed by atoms with E-state index in [-0.39, 0.29) is 12.0 Å². The van der Waals surface area contributed by atoms with Crippen molar-refractivity contribution in [3.63, 3.8) is 0 Å². The fourth-order valence-electron chi connectivity index (χ4n) is 2.22. The Hall–Kier alpha value is -1.85. The van der Waals surface area contributed by atoms with Crippen LogP contribution in [0.5, 0.6) is 0 Å². The van der Waals surface area contributed by atoms with Gasteiger partial charge < -0.3 is 20.8 Å². The topological polar surface area (TPSA) is 80.1 Å². The molecule has 0 spiro atoms. The van der Waals surface area contributed by atoms with E-state index in [1.54, 1.807) is 7.11 Å². The molecule has 0 saturated heterocycles. The van der Waals surface area contributed by atoms with Crippen LogP contribution >= 0.6 is 0 Å². The predicted octanol–water partition coefficient (Wildman–Crippen LogP) is 1.19. The van der Waals surface area contributed by atoms with Crippen LogP contribution in [0.25, 0.3) is 10.9 Å². The largest absolute Gasteiger partial charge is 0.380 e. The molecule has 1 aromatic heterocycles. The molecule has 0 bridgehead atoms. The zero-order chi connectivity index (χ0) is 14.4. The third-order valence-corrected chi connectivity index (χ3v) is 3.40. The first-order chi connectivity index (χ1) is 9.74. The lowest BCUT2D eigenvalue weighted by molar-refractivity contribution is -0.123. The number of rotatable bonds is 7. The first kappa shape index (κ1) is 14.6. The Balaban J connectivity index is 1.82. The van der Waals surface area contributed by atoms with Gasteiger partial charge in [-0.3, -0.25) is 4.79 Å². The Morgan fingerprint density at radius 1 is 1.45 bits per heavy atom. The Labute approximate surface area is 118 Å². The molecule has 5 heteroatoms. The van der Waals surface area contributed by atoms with Gasteiger partial charge in [-0.2, -0.15) is 0 Å². The van der Waals surface area contributed by atoms with Gasteiger partial charge in [0.05, 0.1) is 12.5 Å². The number of carbonyl (C=O) groups excluding carboxylic acids is 1. The summed E-state index contributed by atoms with van der Waals surface area (Å²) in [6.07, 6.45) is 2.90. The zero-order valence-corrected chi connectivity index (χ0v) is 11.7. The van der Waals surface area contributed by atoms with E-state index in [9.17, 15) is 4.79 Å². The molecule has 0 radical (unpaired) electrons. The smallest absolute Gasteiger partial charge is 0.222 e. The van der Waals surface area contributed by atoms with E-state index in [1.807, 2.05) is 24.4 Å². The van der Waals surface area contributed by atoms with E-state index in [0.29, 0.717) is 19.5 Å². The predicted molar refractivity (Wildman–Crippen MR) is 79.5 cm³/mol. The summed E-state index contributed by atoms with van der Waals surface area (Å²) < 4.78 is 5.09. The summed E-state index contributed by atoms with van der Waals surface area (Å²) in [5, 5.41) is 4.10. The van der Waals surface area contributed by atoms with Crippen LogP contribution in [0.2, 0.25) is 0 Å².